The maximum Gasteiger partial charge on any atom is 0.250 e. The van der Waals surface area contributed by atoms with Crippen LogP contribution in [0.2, 0.25) is 5.02 Å². The first-order chi connectivity index (χ1) is 18.5. The number of nitrogens with one attached hydrogen (secondary N) is 2. The monoisotopic (exact) mass is 564 g/mol. The minimum Gasteiger partial charge on any atom is -0.457 e. The van der Waals surface area contributed by atoms with E-state index >= 15 is 0 Å². The number of carbonyl (C=O) groups is 2. The van der Waals surface area contributed by atoms with Crippen LogP contribution in [-0.4, -0.2) is 48.0 Å². The van der Waals surface area contributed by atoms with E-state index < -0.39 is 0 Å². The van der Waals surface area contributed by atoms with E-state index in [4.69, 9.17) is 28.2 Å². The number of rotatable bonds is 5. The maximum absolute atomic E-state index is 12.5. The second-order valence-corrected chi connectivity index (χ2v) is 11.3. The molecule has 2 N–H and O–H groups in total. The zero-order chi connectivity index (χ0) is 28.2. The average molecular weight is 565 g/mol. The fourth-order valence-electron chi connectivity index (χ4n) is 4.22. The van der Waals surface area contributed by atoms with Gasteiger partial charge in [-0.1, -0.05) is 44.5 Å². The Bertz CT molecular complexity index is 1380. The predicted octanol–water partition coefficient (Wildman–Crippen LogP) is 6.13. The van der Waals surface area contributed by atoms with Crippen LogP contribution in [0.15, 0.2) is 65.1 Å². The minimum absolute atomic E-state index is 0.189. The summed E-state index contributed by atoms with van der Waals surface area (Å²) in [5.41, 5.74) is 3.34. The van der Waals surface area contributed by atoms with Gasteiger partial charge in [0.2, 0.25) is 11.8 Å². The minimum atomic E-state index is -0.372. The molecular weight excluding hydrogens is 532 g/mol. The van der Waals surface area contributed by atoms with Crippen LogP contribution in [-0.2, 0) is 9.59 Å². The predicted molar refractivity (Wildman–Crippen MR) is 162 cm³/mol. The van der Waals surface area contributed by atoms with Gasteiger partial charge in [0.1, 0.15) is 11.5 Å². The normalized spacial score (nSPS) is 14.0. The molecule has 9 heteroatoms. The molecule has 204 valence electrons. The lowest BCUT2D eigenvalue weighted by atomic mass is 9.94. The Morgan fingerprint density at radius 2 is 1.69 bits per heavy atom. The maximum atomic E-state index is 12.5. The molecule has 1 aliphatic heterocycles. The van der Waals surface area contributed by atoms with Gasteiger partial charge in [-0.3, -0.25) is 14.9 Å². The van der Waals surface area contributed by atoms with Crippen molar-refractivity contribution in [3.05, 3.63) is 77.0 Å². The smallest absolute Gasteiger partial charge is 0.250 e. The number of carbonyl (C=O) groups excluding carboxylic acids is 2. The van der Waals surface area contributed by atoms with Crippen molar-refractivity contribution in [2.45, 2.75) is 27.7 Å². The molecule has 0 unspecified atom stereocenters. The fourth-order valence-corrected chi connectivity index (χ4v) is 4.61. The summed E-state index contributed by atoms with van der Waals surface area (Å²) in [5, 5.41) is 6.54. The Morgan fingerprint density at radius 1 is 1.00 bits per heavy atom. The van der Waals surface area contributed by atoms with Gasteiger partial charge >= 0.3 is 0 Å². The molecule has 4 rings (SSSR count). The number of benzene rings is 2. The van der Waals surface area contributed by atoms with Crippen molar-refractivity contribution in [3.63, 3.8) is 0 Å². The number of aryl methyl sites for hydroxylation is 1. The van der Waals surface area contributed by atoms with Crippen molar-refractivity contribution in [2.24, 2.45) is 5.41 Å². The van der Waals surface area contributed by atoms with Gasteiger partial charge in [0.05, 0.1) is 0 Å². The van der Waals surface area contributed by atoms with Crippen LogP contribution < -0.4 is 15.5 Å². The Balaban J connectivity index is 1.25. The third-order valence-electron chi connectivity index (χ3n) is 6.42. The number of nitrogens with zero attached hydrogens (tertiary/aromatic N) is 2. The van der Waals surface area contributed by atoms with Crippen LogP contribution in [0.1, 0.15) is 32.1 Å². The number of amides is 2. The van der Waals surface area contributed by atoms with Gasteiger partial charge in [-0.05, 0) is 73.2 Å². The number of thiocarbonyl (C=S) groups is 1. The first-order valence-corrected chi connectivity index (χ1v) is 13.6. The van der Waals surface area contributed by atoms with Crippen LogP contribution in [0.4, 0.5) is 11.4 Å². The van der Waals surface area contributed by atoms with Crippen molar-refractivity contribution in [1.29, 1.82) is 0 Å². The first-order valence-electron chi connectivity index (χ1n) is 12.8. The molecule has 2 heterocycles. The Morgan fingerprint density at radius 3 is 2.33 bits per heavy atom. The molecule has 1 fully saturated rings. The zero-order valence-corrected chi connectivity index (χ0v) is 24.2. The van der Waals surface area contributed by atoms with Crippen LogP contribution in [0, 0.1) is 12.3 Å². The lowest BCUT2D eigenvalue weighted by Crippen LogP contribution is -2.51. The van der Waals surface area contributed by atoms with E-state index in [1.807, 2.05) is 81.1 Å². The highest BCUT2D eigenvalue weighted by Crippen LogP contribution is 2.27. The van der Waals surface area contributed by atoms with Crippen molar-refractivity contribution in [2.75, 3.05) is 36.4 Å². The van der Waals surface area contributed by atoms with Crippen LogP contribution in [0.25, 0.3) is 17.4 Å². The molecule has 2 aromatic carbocycles. The molecule has 7 nitrogen and oxygen atoms in total. The summed E-state index contributed by atoms with van der Waals surface area (Å²) in [6, 6.07) is 17.2. The lowest BCUT2D eigenvalue weighted by Gasteiger charge is -2.38. The largest absolute Gasteiger partial charge is 0.457 e. The number of anilines is 2. The topological polar surface area (TPSA) is 77.8 Å². The molecule has 39 heavy (non-hydrogen) atoms. The van der Waals surface area contributed by atoms with Gasteiger partial charge in [0, 0.05) is 59.6 Å². The third-order valence-corrected chi connectivity index (χ3v) is 7.03. The lowest BCUT2D eigenvalue weighted by molar-refractivity contribution is -0.139. The van der Waals surface area contributed by atoms with E-state index in [9.17, 15) is 9.59 Å². The molecule has 0 bridgehead atoms. The number of piperazine rings is 1. The molecule has 3 aromatic rings. The fraction of sp³-hybridized carbons (Fsp3) is 0.300. The highest BCUT2D eigenvalue weighted by atomic mass is 35.5. The molecule has 1 aliphatic rings. The summed E-state index contributed by atoms with van der Waals surface area (Å²) >= 11 is 11.5. The number of halogens is 1. The van der Waals surface area contributed by atoms with Gasteiger partial charge in [-0.25, -0.2) is 0 Å². The third kappa shape index (κ3) is 7.49. The summed E-state index contributed by atoms with van der Waals surface area (Å²) in [6.07, 6.45) is 2.95. The average Bonchev–Trinajstić information content (AvgIpc) is 3.38. The van der Waals surface area contributed by atoms with Crippen LogP contribution in [0.3, 0.4) is 0 Å². The Hall–Kier alpha value is -3.62. The van der Waals surface area contributed by atoms with Gasteiger partial charge in [0.15, 0.2) is 5.11 Å². The number of furan rings is 1. The van der Waals surface area contributed by atoms with E-state index in [-0.39, 0.29) is 22.3 Å². The SMILES string of the molecule is Cc1ccc(-c2ccc(/C=C/C(=O)NC(=S)Nc3ccc(N4CCN(C(=O)C(C)(C)C)CC4)cc3)o2)cc1Cl. The van der Waals surface area contributed by atoms with E-state index in [1.54, 1.807) is 12.1 Å². The molecule has 2 amide bonds. The molecule has 0 aliphatic carbocycles. The summed E-state index contributed by atoms with van der Waals surface area (Å²) in [5.74, 6) is 1.02. The molecule has 0 spiro atoms. The molecular formula is C30H33ClN4O3S. The van der Waals surface area contributed by atoms with Crippen molar-refractivity contribution in [3.8, 4) is 11.3 Å². The van der Waals surface area contributed by atoms with E-state index in [0.717, 1.165) is 35.6 Å². The Kier molecular flexibility index (Phi) is 8.77. The number of hydrogen-bond acceptors (Lipinski definition) is 5. The zero-order valence-electron chi connectivity index (χ0n) is 22.6. The molecule has 0 atom stereocenters. The summed E-state index contributed by atoms with van der Waals surface area (Å²) in [4.78, 5) is 29.1. The van der Waals surface area contributed by atoms with E-state index in [2.05, 4.69) is 15.5 Å². The summed E-state index contributed by atoms with van der Waals surface area (Å²) < 4.78 is 5.81. The summed E-state index contributed by atoms with van der Waals surface area (Å²) in [6.45, 7) is 10.8. The second kappa shape index (κ2) is 12.1. The first kappa shape index (κ1) is 28.4. The van der Waals surface area contributed by atoms with Crippen molar-refractivity contribution >= 4 is 58.2 Å². The van der Waals surface area contributed by atoms with Gasteiger partial charge < -0.3 is 19.5 Å². The quantitative estimate of drug-likeness (QED) is 0.287. The Labute approximate surface area is 239 Å². The molecule has 1 aromatic heterocycles. The van der Waals surface area contributed by atoms with Crippen molar-refractivity contribution < 1.29 is 14.0 Å². The standard InChI is InChI=1S/C30H33ClN4O3S/c1-20-5-6-21(19-25(20)31)26-13-11-24(38-26)12-14-27(36)33-29(39)32-22-7-9-23(10-8-22)34-15-17-35(18-16-34)28(37)30(2,3)4/h5-14,19H,15-18H2,1-4H3,(H2,32,33,36,39)/b14-12+. The highest BCUT2D eigenvalue weighted by molar-refractivity contribution is 7.80. The van der Waals surface area contributed by atoms with Gasteiger partial charge in [0.25, 0.3) is 0 Å². The van der Waals surface area contributed by atoms with Crippen LogP contribution >= 0.6 is 23.8 Å². The molecule has 1 saturated heterocycles. The highest BCUT2D eigenvalue weighted by Gasteiger charge is 2.29. The van der Waals surface area contributed by atoms with Gasteiger partial charge in [-0.2, -0.15) is 0 Å². The molecule has 0 radical (unpaired) electrons. The number of hydrogen-bond donors (Lipinski definition) is 2. The van der Waals surface area contributed by atoms with E-state index in [0.29, 0.717) is 29.6 Å². The summed E-state index contributed by atoms with van der Waals surface area (Å²) in [7, 11) is 0. The molecule has 0 saturated carbocycles. The van der Waals surface area contributed by atoms with Gasteiger partial charge in [-0.15, -0.1) is 0 Å². The van der Waals surface area contributed by atoms with E-state index in [1.165, 1.54) is 6.08 Å². The second-order valence-electron chi connectivity index (χ2n) is 10.5. The van der Waals surface area contributed by atoms with Crippen molar-refractivity contribution in [1.82, 2.24) is 10.2 Å². The van der Waals surface area contributed by atoms with Crippen LogP contribution in [0.5, 0.6) is 0 Å².